The zero-order valence-corrected chi connectivity index (χ0v) is 18.9. The minimum Gasteiger partial charge on any atom is -0.488 e. The van der Waals surface area contributed by atoms with Gasteiger partial charge in [-0.05, 0) is 69.1 Å². The van der Waals surface area contributed by atoms with Crippen LogP contribution in [0.5, 0.6) is 5.75 Å². The summed E-state index contributed by atoms with van der Waals surface area (Å²) in [5, 5.41) is 40.4. The van der Waals surface area contributed by atoms with Gasteiger partial charge in [0.2, 0.25) is 5.91 Å². The van der Waals surface area contributed by atoms with Gasteiger partial charge < -0.3 is 20.1 Å². The summed E-state index contributed by atoms with van der Waals surface area (Å²) in [5.41, 5.74) is 1.63. The van der Waals surface area contributed by atoms with Crippen LogP contribution in [-0.4, -0.2) is 50.8 Å². The minimum absolute atomic E-state index is 0.00657. The third kappa shape index (κ3) is 8.58. The summed E-state index contributed by atoms with van der Waals surface area (Å²) in [6, 6.07) is 7.04. The number of amides is 1. The monoisotopic (exact) mass is 457 g/mol. The Kier molecular flexibility index (Phi) is 11.0. The zero-order valence-electron chi connectivity index (χ0n) is 18.1. The molecule has 1 aromatic carbocycles. The fourth-order valence-electron chi connectivity index (χ4n) is 4.49. The molecule has 8 heteroatoms. The molecule has 0 saturated heterocycles. The highest BCUT2D eigenvalue weighted by molar-refractivity contribution is 6.30. The Balaban J connectivity index is 1.75. The number of halogens is 1. The maximum absolute atomic E-state index is 11.0. The molecule has 0 aliphatic heterocycles. The standard InChI is InChI=1S/C23H36ClNO6/c1-15(31-17-8-6-7-16(24)13-17)20(26)12-11-19-18(21(27)14-22(19)28)9-4-2-3-5-10-23(29)25-30/h6-8,13,15,18-22,26-28,30H,2-5,9-12,14H2,1H3,(H,25,29). The van der Waals surface area contributed by atoms with Gasteiger partial charge in [0.05, 0.1) is 18.3 Å². The summed E-state index contributed by atoms with van der Waals surface area (Å²) in [4.78, 5) is 11.0. The fraction of sp³-hybridized carbons (Fsp3) is 0.696. The van der Waals surface area contributed by atoms with E-state index in [-0.39, 0.29) is 17.7 Å². The van der Waals surface area contributed by atoms with E-state index in [0.29, 0.717) is 42.9 Å². The van der Waals surface area contributed by atoms with Crippen LogP contribution in [0.25, 0.3) is 0 Å². The maximum atomic E-state index is 11.0. The number of carbonyl (C=O) groups excluding carboxylic acids is 1. The van der Waals surface area contributed by atoms with Crippen molar-refractivity contribution in [2.24, 2.45) is 11.8 Å². The molecule has 0 radical (unpaired) electrons. The highest BCUT2D eigenvalue weighted by Gasteiger charge is 2.41. The Morgan fingerprint density at radius 2 is 1.84 bits per heavy atom. The van der Waals surface area contributed by atoms with Gasteiger partial charge in [0.15, 0.2) is 0 Å². The molecule has 1 saturated carbocycles. The second-order valence-corrected chi connectivity index (χ2v) is 9.05. The number of unbranched alkanes of at least 4 members (excludes halogenated alkanes) is 3. The quantitative estimate of drug-likeness (QED) is 0.176. The second kappa shape index (κ2) is 13.2. The van der Waals surface area contributed by atoms with E-state index in [1.807, 2.05) is 0 Å². The number of rotatable bonds is 13. The molecule has 2 rings (SSSR count). The first-order valence-electron chi connectivity index (χ1n) is 11.2. The van der Waals surface area contributed by atoms with Gasteiger partial charge in [-0.25, -0.2) is 5.48 Å². The Bertz CT molecular complexity index is 675. The van der Waals surface area contributed by atoms with E-state index in [9.17, 15) is 20.1 Å². The molecule has 0 bridgehead atoms. The summed E-state index contributed by atoms with van der Waals surface area (Å²) in [6.07, 6.45) is 3.78. The fourth-order valence-corrected chi connectivity index (χ4v) is 4.67. The average Bonchev–Trinajstić information content (AvgIpc) is 3.00. The van der Waals surface area contributed by atoms with Crippen molar-refractivity contribution >= 4 is 17.5 Å². The van der Waals surface area contributed by atoms with Crippen molar-refractivity contribution in [3.63, 3.8) is 0 Å². The predicted molar refractivity (Wildman–Crippen MR) is 118 cm³/mol. The lowest BCUT2D eigenvalue weighted by Crippen LogP contribution is -2.31. The lowest BCUT2D eigenvalue weighted by Gasteiger charge is -2.26. The largest absolute Gasteiger partial charge is 0.488 e. The Morgan fingerprint density at radius 1 is 1.16 bits per heavy atom. The molecule has 6 atom stereocenters. The molecular formula is C23H36ClNO6. The van der Waals surface area contributed by atoms with E-state index in [2.05, 4.69) is 0 Å². The van der Waals surface area contributed by atoms with Crippen LogP contribution in [0.4, 0.5) is 0 Å². The molecule has 1 fully saturated rings. The molecule has 7 nitrogen and oxygen atoms in total. The number of aliphatic hydroxyl groups is 3. The molecule has 1 aliphatic rings. The van der Waals surface area contributed by atoms with Crippen molar-refractivity contribution in [3.05, 3.63) is 29.3 Å². The number of benzene rings is 1. The van der Waals surface area contributed by atoms with Gasteiger partial charge in [-0.15, -0.1) is 0 Å². The van der Waals surface area contributed by atoms with E-state index in [4.69, 9.17) is 21.5 Å². The highest BCUT2D eigenvalue weighted by Crippen LogP contribution is 2.39. The number of hydrogen-bond acceptors (Lipinski definition) is 6. The van der Waals surface area contributed by atoms with Gasteiger partial charge in [-0.1, -0.05) is 36.9 Å². The molecule has 0 spiro atoms. The molecule has 5 N–H and O–H groups in total. The van der Waals surface area contributed by atoms with Crippen LogP contribution >= 0.6 is 11.6 Å². The van der Waals surface area contributed by atoms with Crippen LogP contribution in [0, 0.1) is 11.8 Å². The number of hydroxylamine groups is 1. The summed E-state index contributed by atoms with van der Waals surface area (Å²) in [5.74, 6) is 0.182. The summed E-state index contributed by atoms with van der Waals surface area (Å²) in [6.45, 7) is 1.81. The number of ether oxygens (including phenoxy) is 1. The van der Waals surface area contributed by atoms with Crippen molar-refractivity contribution in [3.8, 4) is 5.75 Å². The minimum atomic E-state index is -0.692. The molecule has 31 heavy (non-hydrogen) atoms. The van der Waals surface area contributed by atoms with Crippen molar-refractivity contribution in [2.75, 3.05) is 0 Å². The Morgan fingerprint density at radius 3 is 2.52 bits per heavy atom. The van der Waals surface area contributed by atoms with Gasteiger partial charge in [0.25, 0.3) is 0 Å². The highest BCUT2D eigenvalue weighted by atomic mass is 35.5. The van der Waals surface area contributed by atoms with E-state index < -0.39 is 24.4 Å². The Hall–Kier alpha value is -1.38. The Labute approximate surface area is 189 Å². The van der Waals surface area contributed by atoms with Crippen LogP contribution in [0.3, 0.4) is 0 Å². The molecule has 1 aromatic rings. The lowest BCUT2D eigenvalue weighted by atomic mass is 9.84. The first-order valence-corrected chi connectivity index (χ1v) is 11.6. The SMILES string of the molecule is CC(Oc1cccc(Cl)c1)C(O)CCC1C(O)CC(O)C1CCCCCCC(=O)NO. The maximum Gasteiger partial charge on any atom is 0.243 e. The molecule has 0 aromatic heterocycles. The third-order valence-corrected chi connectivity index (χ3v) is 6.53. The topological polar surface area (TPSA) is 119 Å². The van der Waals surface area contributed by atoms with E-state index >= 15 is 0 Å². The van der Waals surface area contributed by atoms with Crippen molar-refractivity contribution < 1.29 is 30.1 Å². The van der Waals surface area contributed by atoms with Crippen molar-refractivity contribution in [2.45, 2.75) is 89.1 Å². The molecule has 6 unspecified atom stereocenters. The second-order valence-electron chi connectivity index (χ2n) is 8.61. The number of hydrogen-bond donors (Lipinski definition) is 5. The number of carbonyl (C=O) groups is 1. The lowest BCUT2D eigenvalue weighted by molar-refractivity contribution is -0.129. The normalized spacial score (nSPS) is 25.2. The van der Waals surface area contributed by atoms with Crippen LogP contribution in [0.1, 0.15) is 64.7 Å². The number of aliphatic hydroxyl groups excluding tert-OH is 3. The van der Waals surface area contributed by atoms with Crippen LogP contribution in [0.2, 0.25) is 5.02 Å². The third-order valence-electron chi connectivity index (χ3n) is 6.29. The first-order chi connectivity index (χ1) is 14.8. The van der Waals surface area contributed by atoms with Gasteiger partial charge in [0, 0.05) is 11.4 Å². The van der Waals surface area contributed by atoms with E-state index in [0.717, 1.165) is 25.7 Å². The summed E-state index contributed by atoms with van der Waals surface area (Å²) < 4.78 is 5.78. The van der Waals surface area contributed by atoms with Gasteiger partial charge in [0.1, 0.15) is 11.9 Å². The predicted octanol–water partition coefficient (Wildman–Crippen LogP) is 3.45. The first kappa shape index (κ1) is 25.9. The average molecular weight is 458 g/mol. The number of nitrogens with one attached hydrogen (secondary N) is 1. The van der Waals surface area contributed by atoms with Crippen LogP contribution in [0.15, 0.2) is 24.3 Å². The summed E-state index contributed by atoms with van der Waals surface area (Å²) >= 11 is 5.97. The smallest absolute Gasteiger partial charge is 0.243 e. The van der Waals surface area contributed by atoms with Gasteiger partial charge >= 0.3 is 0 Å². The molecular weight excluding hydrogens is 422 g/mol. The molecule has 0 heterocycles. The van der Waals surface area contributed by atoms with Gasteiger partial charge in [-0.3, -0.25) is 10.0 Å². The summed E-state index contributed by atoms with van der Waals surface area (Å²) in [7, 11) is 0. The molecule has 176 valence electrons. The molecule has 1 amide bonds. The zero-order chi connectivity index (χ0) is 22.8. The van der Waals surface area contributed by atoms with Gasteiger partial charge in [-0.2, -0.15) is 0 Å². The molecule has 1 aliphatic carbocycles. The van der Waals surface area contributed by atoms with E-state index in [1.54, 1.807) is 36.7 Å². The van der Waals surface area contributed by atoms with Crippen LogP contribution < -0.4 is 10.2 Å². The van der Waals surface area contributed by atoms with Crippen molar-refractivity contribution in [1.29, 1.82) is 0 Å². The van der Waals surface area contributed by atoms with Crippen LogP contribution in [-0.2, 0) is 4.79 Å². The van der Waals surface area contributed by atoms with E-state index in [1.165, 1.54) is 0 Å². The van der Waals surface area contributed by atoms with Crippen molar-refractivity contribution in [1.82, 2.24) is 5.48 Å².